The summed E-state index contributed by atoms with van der Waals surface area (Å²) in [5, 5.41) is 6.90. The first-order chi connectivity index (χ1) is 17.1. The fourth-order valence-electron chi connectivity index (χ4n) is 4.41. The molecule has 6 nitrogen and oxygen atoms in total. The number of para-hydroxylation sites is 1. The maximum absolute atomic E-state index is 13.6. The summed E-state index contributed by atoms with van der Waals surface area (Å²) >= 11 is 5.72. The molecule has 0 unspecified atom stereocenters. The molecule has 0 bridgehead atoms. The third kappa shape index (κ3) is 4.93. The molecule has 0 aliphatic carbocycles. The van der Waals surface area contributed by atoms with E-state index in [4.69, 9.17) is 12.2 Å². The number of halogens is 1. The van der Waals surface area contributed by atoms with Gasteiger partial charge in [0, 0.05) is 42.4 Å². The normalized spacial score (nSPS) is 17.3. The SMILES string of the molecule is O=C(CCN1C(=S)N[C@H](c2ccccn2)[C@@H]1c1cccn1-c1ccc(F)cc1)Nc1ccccc1. The number of nitrogens with one attached hydrogen (secondary N) is 2. The molecular weight excluding hydrogens is 461 g/mol. The molecule has 1 aliphatic heterocycles. The molecule has 3 heterocycles. The zero-order chi connectivity index (χ0) is 24.2. The van der Waals surface area contributed by atoms with Crippen molar-refractivity contribution >= 4 is 28.9 Å². The lowest BCUT2D eigenvalue weighted by Crippen LogP contribution is -2.33. The van der Waals surface area contributed by atoms with Gasteiger partial charge in [-0.25, -0.2) is 4.39 Å². The average molecular weight is 486 g/mol. The molecule has 4 aromatic rings. The minimum atomic E-state index is -0.288. The summed E-state index contributed by atoms with van der Waals surface area (Å²) in [6.45, 7) is 0.424. The number of carbonyl (C=O) groups is 1. The Morgan fingerprint density at radius 1 is 1.00 bits per heavy atom. The van der Waals surface area contributed by atoms with Crippen LogP contribution in [0.3, 0.4) is 0 Å². The van der Waals surface area contributed by atoms with Crippen molar-refractivity contribution in [3.63, 3.8) is 0 Å². The van der Waals surface area contributed by atoms with Crippen molar-refractivity contribution in [1.82, 2.24) is 19.8 Å². The van der Waals surface area contributed by atoms with Gasteiger partial charge in [0.05, 0.1) is 17.8 Å². The molecule has 2 aromatic carbocycles. The van der Waals surface area contributed by atoms with E-state index in [1.165, 1.54) is 12.1 Å². The minimum Gasteiger partial charge on any atom is -0.352 e. The largest absolute Gasteiger partial charge is 0.352 e. The van der Waals surface area contributed by atoms with Gasteiger partial charge in [-0.15, -0.1) is 0 Å². The highest BCUT2D eigenvalue weighted by molar-refractivity contribution is 7.80. The summed E-state index contributed by atoms with van der Waals surface area (Å²) in [5.74, 6) is -0.378. The smallest absolute Gasteiger partial charge is 0.226 e. The van der Waals surface area contributed by atoms with Crippen LogP contribution >= 0.6 is 12.2 Å². The van der Waals surface area contributed by atoms with Crippen LogP contribution < -0.4 is 10.6 Å². The Morgan fingerprint density at radius 2 is 1.77 bits per heavy atom. The molecule has 1 aliphatic rings. The molecule has 2 N–H and O–H groups in total. The zero-order valence-corrected chi connectivity index (χ0v) is 19.7. The number of nitrogens with zero attached hydrogens (tertiary/aromatic N) is 3. The summed E-state index contributed by atoms with van der Waals surface area (Å²) < 4.78 is 15.6. The molecule has 0 saturated carbocycles. The van der Waals surface area contributed by atoms with E-state index in [-0.39, 0.29) is 30.2 Å². The van der Waals surface area contributed by atoms with Gasteiger partial charge in [0.15, 0.2) is 5.11 Å². The van der Waals surface area contributed by atoms with Crippen LogP contribution in [-0.4, -0.2) is 32.0 Å². The van der Waals surface area contributed by atoms with E-state index in [0.717, 1.165) is 22.8 Å². The van der Waals surface area contributed by atoms with Crippen molar-refractivity contribution in [3.8, 4) is 5.69 Å². The van der Waals surface area contributed by atoms with E-state index in [0.29, 0.717) is 11.7 Å². The van der Waals surface area contributed by atoms with Gasteiger partial charge in [-0.05, 0) is 72.9 Å². The van der Waals surface area contributed by atoms with Crippen molar-refractivity contribution in [2.24, 2.45) is 0 Å². The van der Waals surface area contributed by atoms with Crippen LogP contribution in [-0.2, 0) is 4.79 Å². The standard InChI is InChI=1S/C27H24FN5OS/c28-19-11-13-21(14-12-19)32-17-6-10-23(32)26-25(22-9-4-5-16-29-22)31-27(35)33(26)18-15-24(34)30-20-7-2-1-3-8-20/h1-14,16-17,25-26H,15,18H2,(H,30,34)(H,31,35)/t25-,26+/m1/s1. The Morgan fingerprint density at radius 3 is 2.51 bits per heavy atom. The highest BCUT2D eigenvalue weighted by Crippen LogP contribution is 2.39. The Balaban J connectivity index is 1.45. The molecule has 2 atom stereocenters. The maximum Gasteiger partial charge on any atom is 0.226 e. The number of carbonyl (C=O) groups excluding carboxylic acids is 1. The van der Waals surface area contributed by atoms with E-state index in [1.54, 1.807) is 18.3 Å². The van der Waals surface area contributed by atoms with Crippen molar-refractivity contribution in [2.45, 2.75) is 18.5 Å². The number of hydrogen-bond acceptors (Lipinski definition) is 3. The monoisotopic (exact) mass is 485 g/mol. The van der Waals surface area contributed by atoms with Gasteiger partial charge in [-0.2, -0.15) is 0 Å². The molecule has 8 heteroatoms. The average Bonchev–Trinajstić information content (AvgIpc) is 3.48. The second kappa shape index (κ2) is 10.1. The summed E-state index contributed by atoms with van der Waals surface area (Å²) in [7, 11) is 0. The fraction of sp³-hybridized carbons (Fsp3) is 0.148. The number of thiocarbonyl (C=S) groups is 1. The summed E-state index contributed by atoms with van der Waals surface area (Å²) in [6.07, 6.45) is 3.96. The number of hydrogen-bond donors (Lipinski definition) is 2. The number of rotatable bonds is 7. The molecule has 1 saturated heterocycles. The van der Waals surface area contributed by atoms with Gasteiger partial charge in [0.2, 0.25) is 5.91 Å². The lowest BCUT2D eigenvalue weighted by molar-refractivity contribution is -0.116. The number of pyridine rings is 1. The van der Waals surface area contributed by atoms with Crippen LogP contribution in [0.2, 0.25) is 0 Å². The molecule has 0 radical (unpaired) electrons. The Hall–Kier alpha value is -4.04. The molecule has 0 spiro atoms. The highest BCUT2D eigenvalue weighted by atomic mass is 32.1. The predicted octanol–water partition coefficient (Wildman–Crippen LogP) is 5.01. The zero-order valence-electron chi connectivity index (χ0n) is 18.8. The molecule has 5 rings (SSSR count). The lowest BCUT2D eigenvalue weighted by Gasteiger charge is -2.28. The van der Waals surface area contributed by atoms with Crippen LogP contribution in [0.4, 0.5) is 10.1 Å². The van der Waals surface area contributed by atoms with Gasteiger partial charge < -0.3 is 20.1 Å². The van der Waals surface area contributed by atoms with Crippen molar-refractivity contribution in [1.29, 1.82) is 0 Å². The van der Waals surface area contributed by atoms with Gasteiger partial charge in [-0.3, -0.25) is 9.78 Å². The van der Waals surface area contributed by atoms with Gasteiger partial charge in [-0.1, -0.05) is 24.3 Å². The molecule has 2 aromatic heterocycles. The van der Waals surface area contributed by atoms with E-state index < -0.39 is 0 Å². The molecule has 1 fully saturated rings. The van der Waals surface area contributed by atoms with Crippen LogP contribution in [0.5, 0.6) is 0 Å². The van der Waals surface area contributed by atoms with Gasteiger partial charge in [0.1, 0.15) is 5.82 Å². The third-order valence-electron chi connectivity index (χ3n) is 6.02. The predicted molar refractivity (Wildman–Crippen MR) is 138 cm³/mol. The third-order valence-corrected chi connectivity index (χ3v) is 6.38. The van der Waals surface area contributed by atoms with Crippen LogP contribution in [0.1, 0.15) is 29.9 Å². The van der Waals surface area contributed by atoms with Crippen LogP contribution in [0.25, 0.3) is 5.69 Å². The minimum absolute atomic E-state index is 0.0899. The first-order valence-corrected chi connectivity index (χ1v) is 11.8. The number of amides is 1. The number of anilines is 1. The quantitative estimate of drug-likeness (QED) is 0.360. The maximum atomic E-state index is 13.6. The highest BCUT2D eigenvalue weighted by Gasteiger charge is 2.41. The molecule has 1 amide bonds. The number of aromatic nitrogens is 2. The fourth-order valence-corrected chi connectivity index (χ4v) is 4.74. The van der Waals surface area contributed by atoms with Crippen molar-refractivity contribution in [3.05, 3.63) is 115 Å². The Labute approximate surface area is 208 Å². The second-order valence-corrected chi connectivity index (χ2v) is 8.65. The van der Waals surface area contributed by atoms with E-state index in [2.05, 4.69) is 15.6 Å². The van der Waals surface area contributed by atoms with Crippen LogP contribution in [0, 0.1) is 5.82 Å². The summed E-state index contributed by atoms with van der Waals surface area (Å²) in [6, 6.07) is 25.1. The summed E-state index contributed by atoms with van der Waals surface area (Å²) in [5.41, 5.74) is 3.41. The first-order valence-electron chi connectivity index (χ1n) is 11.4. The van der Waals surface area contributed by atoms with E-state index in [1.807, 2.05) is 76.3 Å². The second-order valence-electron chi connectivity index (χ2n) is 8.26. The molecular formula is C27H24FN5OS. The van der Waals surface area contributed by atoms with Crippen LogP contribution in [0.15, 0.2) is 97.3 Å². The lowest BCUT2D eigenvalue weighted by atomic mass is 10.0. The molecule has 176 valence electrons. The summed E-state index contributed by atoms with van der Waals surface area (Å²) in [4.78, 5) is 19.3. The van der Waals surface area contributed by atoms with E-state index in [9.17, 15) is 9.18 Å². The van der Waals surface area contributed by atoms with Crippen molar-refractivity contribution in [2.75, 3.05) is 11.9 Å². The van der Waals surface area contributed by atoms with Gasteiger partial charge >= 0.3 is 0 Å². The van der Waals surface area contributed by atoms with Crippen molar-refractivity contribution < 1.29 is 9.18 Å². The van der Waals surface area contributed by atoms with E-state index >= 15 is 0 Å². The molecule has 35 heavy (non-hydrogen) atoms. The van der Waals surface area contributed by atoms with Gasteiger partial charge in [0.25, 0.3) is 0 Å². The number of benzene rings is 2. The first kappa shape index (κ1) is 22.7. The Bertz CT molecular complexity index is 1310. The topological polar surface area (TPSA) is 62.2 Å². The Kier molecular flexibility index (Phi) is 6.54.